The SMILES string of the molecule is CP(C)(=O)c1ccc(Cl)cc1N. The van der Waals surface area contributed by atoms with Crippen LogP contribution in [0.25, 0.3) is 0 Å². The molecule has 0 aromatic heterocycles. The average Bonchev–Trinajstić information content (AvgIpc) is 1.83. The molecule has 1 aromatic carbocycles. The fourth-order valence-corrected chi connectivity index (χ4v) is 2.32. The van der Waals surface area contributed by atoms with Gasteiger partial charge in [0.05, 0.1) is 0 Å². The lowest BCUT2D eigenvalue weighted by molar-refractivity contribution is 0.588. The van der Waals surface area contributed by atoms with Crippen molar-refractivity contribution < 1.29 is 4.57 Å². The molecule has 0 unspecified atom stereocenters. The molecule has 0 heterocycles. The highest BCUT2D eigenvalue weighted by Gasteiger charge is 2.13. The normalized spacial score (nSPS) is 11.6. The third-order valence-electron chi connectivity index (χ3n) is 1.57. The Balaban J connectivity index is 3.28. The van der Waals surface area contributed by atoms with Gasteiger partial charge in [0.2, 0.25) is 0 Å². The number of rotatable bonds is 1. The Morgan fingerprint density at radius 1 is 1.42 bits per heavy atom. The van der Waals surface area contributed by atoms with Gasteiger partial charge < -0.3 is 10.3 Å². The molecule has 0 atom stereocenters. The molecule has 4 heteroatoms. The van der Waals surface area contributed by atoms with Crippen molar-refractivity contribution in [2.75, 3.05) is 19.1 Å². The molecule has 0 bridgehead atoms. The van der Waals surface area contributed by atoms with Gasteiger partial charge in [-0.1, -0.05) is 11.6 Å². The standard InChI is InChI=1S/C8H11ClNOP/c1-12(2,11)8-4-3-6(9)5-7(8)10/h3-5H,10H2,1-2H3. The Morgan fingerprint density at radius 3 is 2.42 bits per heavy atom. The highest BCUT2D eigenvalue weighted by atomic mass is 35.5. The average molecular weight is 204 g/mol. The van der Waals surface area contributed by atoms with E-state index in [4.69, 9.17) is 17.3 Å². The zero-order chi connectivity index (χ0) is 9.35. The van der Waals surface area contributed by atoms with Gasteiger partial charge in [0.15, 0.2) is 0 Å². The maximum absolute atomic E-state index is 11.6. The summed E-state index contributed by atoms with van der Waals surface area (Å²) in [4.78, 5) is 0. The van der Waals surface area contributed by atoms with Gasteiger partial charge in [0.1, 0.15) is 7.14 Å². The predicted molar refractivity (Wildman–Crippen MR) is 55.0 cm³/mol. The third kappa shape index (κ3) is 2.02. The van der Waals surface area contributed by atoms with Gasteiger partial charge in [-0.3, -0.25) is 0 Å². The minimum atomic E-state index is -2.26. The molecular weight excluding hydrogens is 193 g/mol. The van der Waals surface area contributed by atoms with Crippen LogP contribution in [0.1, 0.15) is 0 Å². The second kappa shape index (κ2) is 3.12. The number of benzene rings is 1. The molecule has 1 rings (SSSR count). The van der Waals surface area contributed by atoms with Crippen LogP contribution in [0.2, 0.25) is 5.02 Å². The zero-order valence-corrected chi connectivity index (χ0v) is 8.69. The van der Waals surface area contributed by atoms with Crippen molar-refractivity contribution >= 4 is 29.7 Å². The quantitative estimate of drug-likeness (QED) is 0.562. The van der Waals surface area contributed by atoms with E-state index < -0.39 is 7.14 Å². The largest absolute Gasteiger partial charge is 0.398 e. The summed E-state index contributed by atoms with van der Waals surface area (Å²) in [5.74, 6) is 0. The second-order valence-corrected chi connectivity index (χ2v) is 6.67. The van der Waals surface area contributed by atoms with E-state index in [1.807, 2.05) is 0 Å². The van der Waals surface area contributed by atoms with Crippen LogP contribution in [0.4, 0.5) is 5.69 Å². The van der Waals surface area contributed by atoms with E-state index in [-0.39, 0.29) is 0 Å². The van der Waals surface area contributed by atoms with E-state index in [1.165, 1.54) is 0 Å². The molecule has 0 spiro atoms. The van der Waals surface area contributed by atoms with Gasteiger partial charge >= 0.3 is 0 Å². The Bertz CT molecular complexity index is 345. The topological polar surface area (TPSA) is 43.1 Å². The molecule has 2 nitrogen and oxygen atoms in total. The van der Waals surface area contributed by atoms with E-state index in [9.17, 15) is 4.57 Å². The summed E-state index contributed by atoms with van der Waals surface area (Å²) < 4.78 is 11.6. The van der Waals surface area contributed by atoms with Crippen molar-refractivity contribution in [2.24, 2.45) is 0 Å². The summed E-state index contributed by atoms with van der Waals surface area (Å²) in [5.41, 5.74) is 6.16. The molecule has 0 fully saturated rings. The van der Waals surface area contributed by atoms with Gasteiger partial charge in [-0.25, -0.2) is 0 Å². The van der Waals surface area contributed by atoms with Crippen molar-refractivity contribution in [1.82, 2.24) is 0 Å². The molecule has 0 amide bonds. The van der Waals surface area contributed by atoms with Crippen molar-refractivity contribution in [2.45, 2.75) is 0 Å². The summed E-state index contributed by atoms with van der Waals surface area (Å²) >= 11 is 5.70. The number of hydrogen-bond acceptors (Lipinski definition) is 2. The molecule has 12 heavy (non-hydrogen) atoms. The molecule has 2 N–H and O–H groups in total. The maximum atomic E-state index is 11.6. The monoisotopic (exact) mass is 203 g/mol. The van der Waals surface area contributed by atoms with Crippen LogP contribution in [-0.4, -0.2) is 13.3 Å². The number of nitrogens with two attached hydrogens (primary N) is 1. The summed E-state index contributed by atoms with van der Waals surface area (Å²) in [6, 6.07) is 5.04. The highest BCUT2D eigenvalue weighted by molar-refractivity contribution is 7.70. The fourth-order valence-electron chi connectivity index (χ4n) is 1.02. The van der Waals surface area contributed by atoms with Crippen molar-refractivity contribution in [1.29, 1.82) is 0 Å². The second-order valence-electron chi connectivity index (χ2n) is 3.05. The van der Waals surface area contributed by atoms with Gasteiger partial charge in [0, 0.05) is 16.0 Å². The van der Waals surface area contributed by atoms with Crippen LogP contribution in [-0.2, 0) is 4.57 Å². The van der Waals surface area contributed by atoms with Crippen LogP contribution in [0.15, 0.2) is 18.2 Å². The minimum absolute atomic E-state index is 0.510. The van der Waals surface area contributed by atoms with Crippen molar-refractivity contribution in [3.8, 4) is 0 Å². The van der Waals surface area contributed by atoms with E-state index >= 15 is 0 Å². The first-order valence-electron chi connectivity index (χ1n) is 3.52. The van der Waals surface area contributed by atoms with Crippen LogP contribution in [0, 0.1) is 0 Å². The third-order valence-corrected chi connectivity index (χ3v) is 3.37. The van der Waals surface area contributed by atoms with Gasteiger partial charge in [-0.2, -0.15) is 0 Å². The van der Waals surface area contributed by atoms with E-state index in [2.05, 4.69) is 0 Å². The predicted octanol–water partition coefficient (Wildman–Crippen LogP) is 2.17. The summed E-state index contributed by atoms with van der Waals surface area (Å²) in [6.45, 7) is 3.37. The minimum Gasteiger partial charge on any atom is -0.398 e. The smallest absolute Gasteiger partial charge is 0.111 e. The number of halogens is 1. The van der Waals surface area contributed by atoms with Crippen molar-refractivity contribution in [3.05, 3.63) is 23.2 Å². The van der Waals surface area contributed by atoms with Gasteiger partial charge in [-0.05, 0) is 31.5 Å². The molecule has 0 radical (unpaired) electrons. The molecule has 1 aromatic rings. The van der Waals surface area contributed by atoms with Crippen LogP contribution < -0.4 is 11.0 Å². The highest BCUT2D eigenvalue weighted by Crippen LogP contribution is 2.37. The summed E-state index contributed by atoms with van der Waals surface area (Å²) in [6.07, 6.45) is 0. The Hall–Kier alpha value is -0.460. The van der Waals surface area contributed by atoms with Gasteiger partial charge in [-0.15, -0.1) is 0 Å². The number of anilines is 1. The maximum Gasteiger partial charge on any atom is 0.111 e. The fraction of sp³-hybridized carbons (Fsp3) is 0.250. The van der Waals surface area contributed by atoms with E-state index in [0.717, 1.165) is 0 Å². The number of hydrogen-bond donors (Lipinski definition) is 1. The molecular formula is C8H11ClNOP. The Morgan fingerprint density at radius 2 is 2.00 bits per heavy atom. The molecule has 0 aliphatic rings. The molecule has 0 aliphatic carbocycles. The Labute approximate surface area is 77.1 Å². The van der Waals surface area contributed by atoms with E-state index in [0.29, 0.717) is 16.0 Å². The summed E-state index contributed by atoms with van der Waals surface area (Å²) in [5, 5.41) is 1.27. The molecule has 0 saturated heterocycles. The lowest BCUT2D eigenvalue weighted by Gasteiger charge is -2.09. The lowest BCUT2D eigenvalue weighted by atomic mass is 10.3. The van der Waals surface area contributed by atoms with E-state index in [1.54, 1.807) is 31.5 Å². The first kappa shape index (κ1) is 9.63. The lowest BCUT2D eigenvalue weighted by Crippen LogP contribution is -2.08. The molecule has 0 saturated carbocycles. The summed E-state index contributed by atoms with van der Waals surface area (Å²) in [7, 11) is -2.26. The first-order valence-corrected chi connectivity index (χ1v) is 6.50. The first-order chi connectivity index (χ1) is 5.41. The van der Waals surface area contributed by atoms with Crippen molar-refractivity contribution in [3.63, 3.8) is 0 Å². The molecule has 66 valence electrons. The van der Waals surface area contributed by atoms with Gasteiger partial charge in [0.25, 0.3) is 0 Å². The zero-order valence-electron chi connectivity index (χ0n) is 7.04. The van der Waals surface area contributed by atoms with Crippen LogP contribution in [0.3, 0.4) is 0 Å². The molecule has 0 aliphatic heterocycles. The van der Waals surface area contributed by atoms with Crippen LogP contribution in [0.5, 0.6) is 0 Å². The number of nitrogen functional groups attached to an aromatic ring is 1. The van der Waals surface area contributed by atoms with Crippen LogP contribution >= 0.6 is 18.7 Å². The Kier molecular flexibility index (Phi) is 2.50.